The Kier molecular flexibility index (Phi) is 5.09. The molecule has 6 heteroatoms. The number of nitrogens with one attached hydrogen (secondary N) is 1. The molecule has 1 aromatic heterocycles. The van der Waals surface area contributed by atoms with Crippen molar-refractivity contribution in [2.45, 2.75) is 38.6 Å². The van der Waals surface area contributed by atoms with Crippen LogP contribution in [0, 0.1) is 0 Å². The lowest BCUT2D eigenvalue weighted by molar-refractivity contribution is 0.220. The summed E-state index contributed by atoms with van der Waals surface area (Å²) in [5.41, 5.74) is 4.06. The Morgan fingerprint density at radius 2 is 1.79 bits per heavy atom. The molecule has 0 aliphatic carbocycles. The highest BCUT2D eigenvalue weighted by Crippen LogP contribution is 2.26. The lowest BCUT2D eigenvalue weighted by atomic mass is 9.87. The molecular weight excluding hydrogens is 362 g/mol. The third kappa shape index (κ3) is 4.31. The molecule has 2 aromatic carbocycles. The molecule has 1 atom stereocenters. The van der Waals surface area contributed by atoms with Gasteiger partial charge in [0.2, 0.25) is 0 Å². The number of urea groups is 1. The lowest BCUT2D eigenvalue weighted by Crippen LogP contribution is -2.33. The van der Waals surface area contributed by atoms with Crippen molar-refractivity contribution in [2.24, 2.45) is 0 Å². The Morgan fingerprint density at radius 1 is 1.07 bits per heavy atom. The molecule has 29 heavy (non-hydrogen) atoms. The fraction of sp³-hybridized carbons (Fsp3) is 0.348. The largest absolute Gasteiger partial charge is 0.322 e. The van der Waals surface area contributed by atoms with Crippen LogP contribution < -0.4 is 5.32 Å². The number of carbonyl (C=O) groups excluding carboxylic acids is 1. The second-order valence-electron chi connectivity index (χ2n) is 8.60. The minimum atomic E-state index is -0.0700. The van der Waals surface area contributed by atoms with Gasteiger partial charge >= 0.3 is 6.03 Å². The van der Waals surface area contributed by atoms with E-state index in [2.05, 4.69) is 48.5 Å². The maximum absolute atomic E-state index is 12.7. The molecule has 2 amide bonds. The van der Waals surface area contributed by atoms with Crippen LogP contribution in [-0.2, 0) is 5.41 Å². The smallest absolute Gasteiger partial charge is 0.321 e. The molecule has 0 bridgehead atoms. The molecule has 0 spiro atoms. The van der Waals surface area contributed by atoms with Crippen LogP contribution in [0.1, 0.15) is 38.8 Å². The molecular formula is C23H27N5O. The van der Waals surface area contributed by atoms with Crippen molar-refractivity contribution in [3.05, 3.63) is 66.4 Å². The van der Waals surface area contributed by atoms with E-state index in [1.54, 1.807) is 0 Å². The molecule has 2 heterocycles. The van der Waals surface area contributed by atoms with Crippen LogP contribution in [0.3, 0.4) is 0 Å². The van der Waals surface area contributed by atoms with Crippen LogP contribution in [0.25, 0.3) is 11.3 Å². The number of hydrogen-bond acceptors (Lipinski definition) is 3. The predicted octanol–water partition coefficient (Wildman–Crippen LogP) is 4.72. The Balaban J connectivity index is 1.37. The van der Waals surface area contributed by atoms with Crippen molar-refractivity contribution in [3.8, 4) is 11.3 Å². The molecule has 1 aliphatic heterocycles. The van der Waals surface area contributed by atoms with Crippen LogP contribution >= 0.6 is 0 Å². The van der Waals surface area contributed by atoms with Gasteiger partial charge in [-0.25, -0.2) is 9.48 Å². The molecule has 0 radical (unpaired) electrons. The zero-order valence-corrected chi connectivity index (χ0v) is 17.2. The number of carbonyl (C=O) groups is 1. The number of aromatic nitrogens is 3. The molecule has 3 aromatic rings. The van der Waals surface area contributed by atoms with E-state index >= 15 is 0 Å². The first-order valence-electron chi connectivity index (χ1n) is 10.0. The third-order valence-corrected chi connectivity index (χ3v) is 5.41. The number of anilines is 1. The molecule has 0 saturated carbocycles. The van der Waals surface area contributed by atoms with E-state index in [4.69, 9.17) is 0 Å². The minimum absolute atomic E-state index is 0.0700. The van der Waals surface area contributed by atoms with Crippen LogP contribution in [0.15, 0.2) is 60.8 Å². The van der Waals surface area contributed by atoms with Crippen molar-refractivity contribution in [1.29, 1.82) is 0 Å². The molecule has 4 rings (SSSR count). The summed E-state index contributed by atoms with van der Waals surface area (Å²) < 4.78 is 1.88. The summed E-state index contributed by atoms with van der Waals surface area (Å²) in [6.45, 7) is 7.87. The monoisotopic (exact) mass is 389 g/mol. The molecule has 150 valence electrons. The normalized spacial score (nSPS) is 16.8. The van der Waals surface area contributed by atoms with Gasteiger partial charge in [-0.3, -0.25) is 0 Å². The van der Waals surface area contributed by atoms with E-state index in [1.165, 1.54) is 5.56 Å². The van der Waals surface area contributed by atoms with E-state index in [9.17, 15) is 4.79 Å². The van der Waals surface area contributed by atoms with E-state index in [0.717, 1.165) is 23.4 Å². The second-order valence-corrected chi connectivity index (χ2v) is 8.60. The molecule has 1 aliphatic rings. The van der Waals surface area contributed by atoms with Crippen molar-refractivity contribution >= 4 is 11.7 Å². The van der Waals surface area contributed by atoms with Gasteiger partial charge < -0.3 is 10.2 Å². The van der Waals surface area contributed by atoms with Gasteiger partial charge in [-0.05, 0) is 29.5 Å². The molecule has 1 saturated heterocycles. The van der Waals surface area contributed by atoms with Gasteiger partial charge in [0.05, 0.1) is 12.2 Å². The second kappa shape index (κ2) is 7.70. The quantitative estimate of drug-likeness (QED) is 0.705. The van der Waals surface area contributed by atoms with Crippen LogP contribution in [0.5, 0.6) is 0 Å². The summed E-state index contributed by atoms with van der Waals surface area (Å²) in [5, 5.41) is 11.6. The maximum Gasteiger partial charge on any atom is 0.321 e. The zero-order valence-electron chi connectivity index (χ0n) is 17.2. The Morgan fingerprint density at radius 3 is 2.48 bits per heavy atom. The minimum Gasteiger partial charge on any atom is -0.322 e. The van der Waals surface area contributed by atoms with Crippen molar-refractivity contribution in [2.75, 3.05) is 18.4 Å². The molecule has 6 nitrogen and oxygen atoms in total. The van der Waals surface area contributed by atoms with Gasteiger partial charge in [-0.15, -0.1) is 5.10 Å². The Bertz CT molecular complexity index is 973. The first kappa shape index (κ1) is 19.2. The summed E-state index contributed by atoms with van der Waals surface area (Å²) in [6.07, 6.45) is 2.83. The average molecular weight is 390 g/mol. The fourth-order valence-electron chi connectivity index (χ4n) is 3.59. The van der Waals surface area contributed by atoms with E-state index in [1.807, 2.05) is 58.2 Å². The van der Waals surface area contributed by atoms with Crippen LogP contribution in [0.2, 0.25) is 0 Å². The number of nitrogens with zero attached hydrogens (tertiary/aromatic N) is 4. The number of hydrogen-bond donors (Lipinski definition) is 1. The molecule has 1 fully saturated rings. The van der Waals surface area contributed by atoms with Crippen LogP contribution in [0.4, 0.5) is 10.5 Å². The zero-order chi connectivity index (χ0) is 20.4. The highest BCUT2D eigenvalue weighted by atomic mass is 16.2. The highest BCUT2D eigenvalue weighted by molar-refractivity contribution is 5.89. The summed E-state index contributed by atoms with van der Waals surface area (Å²) in [7, 11) is 0. The van der Waals surface area contributed by atoms with Gasteiger partial charge in [0.15, 0.2) is 0 Å². The highest BCUT2D eigenvalue weighted by Gasteiger charge is 2.28. The predicted molar refractivity (Wildman–Crippen MR) is 115 cm³/mol. The van der Waals surface area contributed by atoms with Gasteiger partial charge in [0, 0.05) is 24.3 Å². The third-order valence-electron chi connectivity index (χ3n) is 5.41. The summed E-state index contributed by atoms with van der Waals surface area (Å²) in [5.74, 6) is 0. The standard InChI is InChI=1S/C23H27N5O/c1-23(2,3)18-9-11-19(12-10-18)24-22(29)27-14-13-20(15-27)28-16-21(25-26-28)17-7-5-4-6-8-17/h4-12,16,20H,13-15H2,1-3H3,(H,24,29). The van der Waals surface area contributed by atoms with Gasteiger partial charge in [0.1, 0.15) is 5.69 Å². The SMILES string of the molecule is CC(C)(C)c1ccc(NC(=O)N2CCC(n3cc(-c4ccccc4)nn3)C2)cc1. The number of likely N-dealkylation sites (tertiary alicyclic amines) is 1. The van der Waals surface area contributed by atoms with Crippen molar-refractivity contribution in [3.63, 3.8) is 0 Å². The Hall–Kier alpha value is -3.15. The first-order valence-corrected chi connectivity index (χ1v) is 10.0. The average Bonchev–Trinajstić information content (AvgIpc) is 3.38. The molecule has 1 unspecified atom stereocenters. The first-order chi connectivity index (χ1) is 13.9. The van der Waals surface area contributed by atoms with Crippen molar-refractivity contribution in [1.82, 2.24) is 19.9 Å². The van der Waals surface area contributed by atoms with E-state index in [-0.39, 0.29) is 17.5 Å². The summed E-state index contributed by atoms with van der Waals surface area (Å²) >= 11 is 0. The lowest BCUT2D eigenvalue weighted by Gasteiger charge is -2.20. The van der Waals surface area contributed by atoms with Gasteiger partial charge in [-0.2, -0.15) is 0 Å². The van der Waals surface area contributed by atoms with Gasteiger partial charge in [0.25, 0.3) is 0 Å². The van der Waals surface area contributed by atoms with E-state index < -0.39 is 0 Å². The maximum atomic E-state index is 12.7. The Labute approximate surface area is 171 Å². The number of rotatable bonds is 3. The van der Waals surface area contributed by atoms with Gasteiger partial charge in [-0.1, -0.05) is 68.4 Å². The summed E-state index contributed by atoms with van der Waals surface area (Å²) in [4.78, 5) is 14.5. The van der Waals surface area contributed by atoms with Crippen LogP contribution in [-0.4, -0.2) is 39.0 Å². The topological polar surface area (TPSA) is 63.1 Å². The fourth-order valence-corrected chi connectivity index (χ4v) is 3.59. The molecule has 1 N–H and O–H groups in total. The number of benzene rings is 2. The number of amides is 2. The van der Waals surface area contributed by atoms with E-state index in [0.29, 0.717) is 13.1 Å². The summed E-state index contributed by atoms with van der Waals surface area (Å²) in [6, 6.07) is 18.2. The van der Waals surface area contributed by atoms with Crippen molar-refractivity contribution < 1.29 is 4.79 Å².